The van der Waals surface area contributed by atoms with E-state index in [1.807, 2.05) is 0 Å². The number of hydrogen-bond acceptors (Lipinski definition) is 4. The molecule has 3 rings (SSSR count). The minimum atomic E-state index is -0.481. The molecule has 21 heavy (non-hydrogen) atoms. The fourth-order valence-electron chi connectivity index (χ4n) is 3.84. The molecule has 1 N–H and O–H groups in total. The van der Waals surface area contributed by atoms with Gasteiger partial charge in [0, 0.05) is 12.1 Å². The molecule has 2 heterocycles. The van der Waals surface area contributed by atoms with Crippen LogP contribution in [0.2, 0.25) is 0 Å². The molecule has 2 unspecified atom stereocenters. The molecule has 0 spiro atoms. The van der Waals surface area contributed by atoms with Gasteiger partial charge >= 0.3 is 0 Å². The van der Waals surface area contributed by atoms with Crippen molar-refractivity contribution in [3.63, 3.8) is 0 Å². The lowest BCUT2D eigenvalue weighted by Gasteiger charge is -2.43. The second kappa shape index (κ2) is 5.97. The van der Waals surface area contributed by atoms with E-state index in [9.17, 15) is 14.9 Å². The van der Waals surface area contributed by atoms with Crippen molar-refractivity contribution in [2.24, 2.45) is 5.92 Å². The SMILES string of the molecule is O=C(CN1CCCC2CCCCC21)c1cc([N+](=O)[O-])c[nH]1. The summed E-state index contributed by atoms with van der Waals surface area (Å²) in [6.45, 7) is 1.34. The first-order valence-electron chi connectivity index (χ1n) is 7.75. The van der Waals surface area contributed by atoms with Crippen LogP contribution in [0.3, 0.4) is 0 Å². The van der Waals surface area contributed by atoms with E-state index in [0.717, 1.165) is 18.9 Å². The van der Waals surface area contributed by atoms with Gasteiger partial charge in [-0.2, -0.15) is 0 Å². The fourth-order valence-corrected chi connectivity index (χ4v) is 3.84. The van der Waals surface area contributed by atoms with Gasteiger partial charge < -0.3 is 4.98 Å². The molecule has 1 aromatic rings. The Morgan fingerprint density at radius 2 is 2.10 bits per heavy atom. The number of nitrogens with one attached hydrogen (secondary N) is 1. The average Bonchev–Trinajstić information content (AvgIpc) is 2.98. The minimum Gasteiger partial charge on any atom is -0.353 e. The van der Waals surface area contributed by atoms with Crippen molar-refractivity contribution < 1.29 is 9.72 Å². The maximum absolute atomic E-state index is 12.3. The molecular weight excluding hydrogens is 270 g/mol. The van der Waals surface area contributed by atoms with Crippen molar-refractivity contribution in [1.29, 1.82) is 0 Å². The number of piperidine rings is 1. The summed E-state index contributed by atoms with van der Waals surface area (Å²) in [7, 11) is 0. The number of nitro groups is 1. The number of aromatic amines is 1. The molecule has 2 atom stereocenters. The molecular formula is C15H21N3O3. The third-order valence-corrected chi connectivity index (χ3v) is 4.88. The van der Waals surface area contributed by atoms with Crippen LogP contribution in [0.25, 0.3) is 0 Å². The van der Waals surface area contributed by atoms with E-state index in [0.29, 0.717) is 18.3 Å². The normalized spacial score (nSPS) is 26.3. The number of H-pyrrole nitrogens is 1. The predicted octanol–water partition coefficient (Wildman–Crippen LogP) is 2.76. The van der Waals surface area contributed by atoms with E-state index in [4.69, 9.17) is 0 Å². The van der Waals surface area contributed by atoms with Gasteiger partial charge in [0.2, 0.25) is 0 Å². The Morgan fingerprint density at radius 3 is 2.86 bits per heavy atom. The van der Waals surface area contributed by atoms with Gasteiger partial charge in [0.05, 0.1) is 23.4 Å². The van der Waals surface area contributed by atoms with Crippen LogP contribution in [0.15, 0.2) is 12.3 Å². The Labute approximate surface area is 123 Å². The first-order chi connectivity index (χ1) is 10.1. The molecule has 0 amide bonds. The number of carbonyl (C=O) groups is 1. The lowest BCUT2D eigenvalue weighted by molar-refractivity contribution is -0.384. The molecule has 2 aliphatic rings. The molecule has 1 aliphatic carbocycles. The number of rotatable bonds is 4. The van der Waals surface area contributed by atoms with Gasteiger partial charge in [0.15, 0.2) is 5.78 Å². The maximum atomic E-state index is 12.3. The highest BCUT2D eigenvalue weighted by Gasteiger charge is 2.34. The van der Waals surface area contributed by atoms with Crippen molar-refractivity contribution in [1.82, 2.24) is 9.88 Å². The number of hydrogen-bond donors (Lipinski definition) is 1. The summed E-state index contributed by atoms with van der Waals surface area (Å²) in [4.78, 5) is 27.6. The van der Waals surface area contributed by atoms with Crippen molar-refractivity contribution >= 4 is 11.5 Å². The monoisotopic (exact) mass is 291 g/mol. The van der Waals surface area contributed by atoms with Crippen molar-refractivity contribution in [2.45, 2.75) is 44.6 Å². The lowest BCUT2D eigenvalue weighted by atomic mass is 9.78. The smallest absolute Gasteiger partial charge is 0.287 e. The zero-order valence-electron chi connectivity index (χ0n) is 12.1. The quantitative estimate of drug-likeness (QED) is 0.525. The third-order valence-electron chi connectivity index (χ3n) is 4.88. The Balaban J connectivity index is 1.66. The van der Waals surface area contributed by atoms with Crippen LogP contribution < -0.4 is 0 Å². The van der Waals surface area contributed by atoms with Crippen LogP contribution in [0.5, 0.6) is 0 Å². The van der Waals surface area contributed by atoms with Crippen LogP contribution in [0, 0.1) is 16.0 Å². The molecule has 1 aliphatic heterocycles. The summed E-state index contributed by atoms with van der Waals surface area (Å²) in [5.74, 6) is 0.688. The van der Waals surface area contributed by atoms with Crippen molar-refractivity contribution in [3.8, 4) is 0 Å². The second-order valence-electron chi connectivity index (χ2n) is 6.18. The first-order valence-corrected chi connectivity index (χ1v) is 7.75. The molecule has 1 aromatic heterocycles. The molecule has 0 aromatic carbocycles. The fraction of sp³-hybridized carbons (Fsp3) is 0.667. The molecule has 0 radical (unpaired) electrons. The van der Waals surface area contributed by atoms with E-state index in [-0.39, 0.29) is 11.5 Å². The van der Waals surface area contributed by atoms with Gasteiger partial charge in [0.25, 0.3) is 5.69 Å². The van der Waals surface area contributed by atoms with E-state index >= 15 is 0 Å². The minimum absolute atomic E-state index is 0.0469. The molecule has 6 nitrogen and oxygen atoms in total. The summed E-state index contributed by atoms with van der Waals surface area (Å²) in [5.41, 5.74) is 0.298. The van der Waals surface area contributed by atoms with E-state index in [1.165, 1.54) is 44.4 Å². The second-order valence-corrected chi connectivity index (χ2v) is 6.18. The number of Topliss-reactive ketones (excluding diaryl/α,β-unsaturated/α-hetero) is 1. The summed E-state index contributed by atoms with van der Waals surface area (Å²) >= 11 is 0. The highest BCUT2D eigenvalue weighted by atomic mass is 16.6. The molecule has 0 bridgehead atoms. The standard InChI is InChI=1S/C15H21N3O3/c19-15(13-8-12(9-16-13)18(20)21)10-17-7-3-5-11-4-1-2-6-14(11)17/h8-9,11,14,16H,1-7,10H2. The van der Waals surface area contributed by atoms with Crippen LogP contribution >= 0.6 is 0 Å². The number of fused-ring (bicyclic) bond motifs is 1. The zero-order valence-corrected chi connectivity index (χ0v) is 12.1. The Kier molecular flexibility index (Phi) is 4.05. The number of likely N-dealkylation sites (tertiary alicyclic amines) is 1. The van der Waals surface area contributed by atoms with Crippen molar-refractivity contribution in [2.75, 3.05) is 13.1 Å². The highest BCUT2D eigenvalue weighted by Crippen LogP contribution is 2.35. The number of aromatic nitrogens is 1. The summed E-state index contributed by atoms with van der Waals surface area (Å²) in [6, 6.07) is 1.87. The van der Waals surface area contributed by atoms with E-state index in [2.05, 4.69) is 9.88 Å². The largest absolute Gasteiger partial charge is 0.353 e. The van der Waals surface area contributed by atoms with Crippen LogP contribution in [-0.4, -0.2) is 39.7 Å². The highest BCUT2D eigenvalue weighted by molar-refractivity contribution is 5.96. The Bertz CT molecular complexity index is 538. The van der Waals surface area contributed by atoms with Crippen LogP contribution in [-0.2, 0) is 0 Å². The molecule has 2 fully saturated rings. The van der Waals surface area contributed by atoms with E-state index < -0.39 is 4.92 Å². The molecule has 114 valence electrons. The topological polar surface area (TPSA) is 79.2 Å². The number of nitrogens with zero attached hydrogens (tertiary/aromatic N) is 2. The van der Waals surface area contributed by atoms with Crippen molar-refractivity contribution in [3.05, 3.63) is 28.1 Å². The van der Waals surface area contributed by atoms with E-state index in [1.54, 1.807) is 0 Å². The van der Waals surface area contributed by atoms with Gasteiger partial charge in [-0.05, 0) is 38.1 Å². The lowest BCUT2D eigenvalue weighted by Crippen LogP contribution is -2.48. The Morgan fingerprint density at radius 1 is 1.33 bits per heavy atom. The summed E-state index contributed by atoms with van der Waals surface area (Å²) in [5, 5.41) is 10.7. The zero-order chi connectivity index (χ0) is 14.8. The van der Waals surface area contributed by atoms with Gasteiger partial charge in [0.1, 0.15) is 0 Å². The number of carbonyl (C=O) groups excluding carboxylic acids is 1. The average molecular weight is 291 g/mol. The predicted molar refractivity (Wildman–Crippen MR) is 78.3 cm³/mol. The molecule has 6 heteroatoms. The van der Waals surface area contributed by atoms with Gasteiger partial charge in [-0.25, -0.2) is 0 Å². The van der Waals surface area contributed by atoms with Gasteiger partial charge in [-0.3, -0.25) is 19.8 Å². The Hall–Kier alpha value is -1.69. The van der Waals surface area contributed by atoms with Crippen LogP contribution in [0.1, 0.15) is 49.0 Å². The van der Waals surface area contributed by atoms with Gasteiger partial charge in [-0.15, -0.1) is 0 Å². The summed E-state index contributed by atoms with van der Waals surface area (Å²) in [6.07, 6.45) is 8.74. The maximum Gasteiger partial charge on any atom is 0.287 e. The van der Waals surface area contributed by atoms with Crippen LogP contribution in [0.4, 0.5) is 5.69 Å². The third kappa shape index (κ3) is 3.00. The molecule has 1 saturated heterocycles. The summed E-state index contributed by atoms with van der Waals surface area (Å²) < 4.78 is 0. The van der Waals surface area contributed by atoms with Gasteiger partial charge in [-0.1, -0.05) is 12.8 Å². The first kappa shape index (κ1) is 14.3. The molecule has 1 saturated carbocycles. The number of ketones is 1.